The second-order valence-corrected chi connectivity index (χ2v) is 8.84. The normalized spacial score (nSPS) is 11.0. The Morgan fingerprint density at radius 1 is 0.912 bits per heavy atom. The zero-order valence-electron chi connectivity index (χ0n) is 18.6. The molecule has 6 heteroatoms. The Morgan fingerprint density at radius 2 is 1.56 bits per heavy atom. The van der Waals surface area contributed by atoms with E-state index in [1.807, 2.05) is 60.7 Å². The van der Waals surface area contributed by atoms with Crippen LogP contribution in [0.15, 0.2) is 96.6 Å². The minimum absolute atomic E-state index is 0.147. The summed E-state index contributed by atoms with van der Waals surface area (Å²) in [6.45, 7) is 1.91. The molecule has 0 saturated heterocycles. The van der Waals surface area contributed by atoms with Crippen molar-refractivity contribution in [1.29, 1.82) is 0 Å². The highest BCUT2D eigenvalue weighted by atomic mass is 32.1. The van der Waals surface area contributed by atoms with Crippen molar-refractivity contribution in [2.45, 2.75) is 13.0 Å². The number of fused-ring (bicyclic) bond motifs is 1. The van der Waals surface area contributed by atoms with Crippen LogP contribution in [-0.2, 0) is 4.79 Å². The predicted octanol–water partition coefficient (Wildman–Crippen LogP) is 5.95. The first-order chi connectivity index (χ1) is 16.7. The molecule has 0 fully saturated rings. The van der Waals surface area contributed by atoms with Crippen molar-refractivity contribution in [3.63, 3.8) is 0 Å². The molecule has 5 aromatic rings. The van der Waals surface area contributed by atoms with Gasteiger partial charge >= 0.3 is 0 Å². The molecule has 0 saturated carbocycles. The third kappa shape index (κ3) is 4.67. The quantitative estimate of drug-likeness (QED) is 0.323. The lowest BCUT2D eigenvalue weighted by Crippen LogP contribution is -2.33. The van der Waals surface area contributed by atoms with Crippen LogP contribution in [0.2, 0.25) is 0 Å². The SMILES string of the molecule is Cc1ccc(-c2csc3ncnc(OCC(=O)NC(c4ccccc4)c4ccccc4)c23)cc1. The van der Waals surface area contributed by atoms with E-state index in [4.69, 9.17) is 4.74 Å². The fraction of sp³-hybridized carbons (Fsp3) is 0.107. The molecule has 34 heavy (non-hydrogen) atoms. The number of amides is 1. The van der Waals surface area contributed by atoms with Gasteiger partial charge in [-0.3, -0.25) is 4.79 Å². The Kier molecular flexibility index (Phi) is 6.31. The lowest BCUT2D eigenvalue weighted by Gasteiger charge is -2.20. The molecule has 5 rings (SSSR count). The fourth-order valence-corrected chi connectivity index (χ4v) is 4.80. The molecule has 0 unspecified atom stereocenters. The van der Waals surface area contributed by atoms with Gasteiger partial charge in [-0.1, -0.05) is 90.5 Å². The summed E-state index contributed by atoms with van der Waals surface area (Å²) in [7, 11) is 0. The van der Waals surface area contributed by atoms with Crippen molar-refractivity contribution >= 4 is 27.5 Å². The minimum Gasteiger partial charge on any atom is -0.467 e. The fourth-order valence-electron chi connectivity index (χ4n) is 3.89. The van der Waals surface area contributed by atoms with E-state index >= 15 is 0 Å². The molecule has 3 aromatic carbocycles. The van der Waals surface area contributed by atoms with Gasteiger partial charge < -0.3 is 10.1 Å². The Hall–Kier alpha value is -4.03. The first-order valence-electron chi connectivity index (χ1n) is 11.0. The molecule has 0 aliphatic carbocycles. The van der Waals surface area contributed by atoms with Crippen molar-refractivity contribution in [3.05, 3.63) is 113 Å². The number of hydrogen-bond acceptors (Lipinski definition) is 5. The van der Waals surface area contributed by atoms with Crippen molar-refractivity contribution in [2.75, 3.05) is 6.61 Å². The summed E-state index contributed by atoms with van der Waals surface area (Å²) in [5.41, 5.74) is 5.27. The highest BCUT2D eigenvalue weighted by Gasteiger charge is 2.19. The Bertz CT molecular complexity index is 1360. The first-order valence-corrected chi connectivity index (χ1v) is 11.9. The number of aryl methyl sites for hydroxylation is 1. The predicted molar refractivity (Wildman–Crippen MR) is 136 cm³/mol. The first kappa shape index (κ1) is 21.8. The summed E-state index contributed by atoms with van der Waals surface area (Å²) in [4.78, 5) is 22.5. The number of aromatic nitrogens is 2. The number of hydrogen-bond donors (Lipinski definition) is 1. The monoisotopic (exact) mass is 465 g/mol. The van der Waals surface area contributed by atoms with Gasteiger partial charge in [0.25, 0.3) is 5.91 Å². The average Bonchev–Trinajstić information content (AvgIpc) is 3.32. The summed E-state index contributed by atoms with van der Waals surface area (Å²) >= 11 is 1.53. The van der Waals surface area contributed by atoms with Gasteiger partial charge in [0.2, 0.25) is 5.88 Å². The number of nitrogens with zero attached hydrogens (tertiary/aromatic N) is 2. The molecular formula is C28H23N3O2S. The number of ether oxygens (including phenoxy) is 1. The van der Waals surface area contributed by atoms with E-state index in [9.17, 15) is 4.79 Å². The van der Waals surface area contributed by atoms with Gasteiger partial charge in [0.1, 0.15) is 11.2 Å². The third-order valence-electron chi connectivity index (χ3n) is 5.61. The molecule has 0 radical (unpaired) electrons. The van der Waals surface area contributed by atoms with Crippen molar-refractivity contribution in [3.8, 4) is 17.0 Å². The molecule has 2 aromatic heterocycles. The van der Waals surface area contributed by atoms with Gasteiger partial charge in [-0.15, -0.1) is 11.3 Å². The molecule has 0 aliphatic rings. The molecule has 0 bridgehead atoms. The number of carbonyl (C=O) groups is 1. The third-order valence-corrected chi connectivity index (χ3v) is 6.50. The van der Waals surface area contributed by atoms with Gasteiger partial charge in [0.05, 0.1) is 11.4 Å². The van der Waals surface area contributed by atoms with Gasteiger partial charge in [0.15, 0.2) is 6.61 Å². The van der Waals surface area contributed by atoms with Crippen LogP contribution in [0.5, 0.6) is 5.88 Å². The van der Waals surface area contributed by atoms with E-state index in [1.54, 1.807) is 0 Å². The van der Waals surface area contributed by atoms with Crippen LogP contribution in [0, 0.1) is 6.92 Å². The molecular weight excluding hydrogens is 442 g/mol. The second kappa shape index (κ2) is 9.85. The maximum atomic E-state index is 13.0. The van der Waals surface area contributed by atoms with E-state index in [-0.39, 0.29) is 18.6 Å². The average molecular weight is 466 g/mol. The molecule has 1 N–H and O–H groups in total. The van der Waals surface area contributed by atoms with Crippen LogP contribution in [-0.4, -0.2) is 22.5 Å². The smallest absolute Gasteiger partial charge is 0.258 e. The van der Waals surface area contributed by atoms with Crippen LogP contribution in [0.4, 0.5) is 0 Å². The molecule has 168 valence electrons. The van der Waals surface area contributed by atoms with E-state index in [1.165, 1.54) is 23.2 Å². The van der Waals surface area contributed by atoms with Crippen LogP contribution in [0.1, 0.15) is 22.7 Å². The van der Waals surface area contributed by atoms with Crippen LogP contribution in [0.3, 0.4) is 0 Å². The summed E-state index contributed by atoms with van der Waals surface area (Å²) in [5, 5.41) is 5.99. The van der Waals surface area contributed by atoms with Crippen molar-refractivity contribution in [1.82, 2.24) is 15.3 Å². The van der Waals surface area contributed by atoms with Crippen LogP contribution >= 0.6 is 11.3 Å². The Balaban J connectivity index is 1.37. The number of rotatable bonds is 7. The van der Waals surface area contributed by atoms with Gasteiger partial charge in [-0.05, 0) is 23.6 Å². The highest BCUT2D eigenvalue weighted by molar-refractivity contribution is 7.17. The highest BCUT2D eigenvalue weighted by Crippen LogP contribution is 2.37. The summed E-state index contributed by atoms with van der Waals surface area (Å²) in [5.74, 6) is 0.185. The Labute approximate surface area is 202 Å². The molecule has 0 spiro atoms. The largest absolute Gasteiger partial charge is 0.467 e. The van der Waals surface area contributed by atoms with Crippen molar-refractivity contribution < 1.29 is 9.53 Å². The lowest BCUT2D eigenvalue weighted by molar-refractivity contribution is -0.123. The topological polar surface area (TPSA) is 64.1 Å². The van der Waals surface area contributed by atoms with Crippen LogP contribution < -0.4 is 10.1 Å². The number of thiophene rings is 1. The van der Waals surface area contributed by atoms with Crippen LogP contribution in [0.25, 0.3) is 21.3 Å². The zero-order chi connectivity index (χ0) is 23.3. The van der Waals surface area contributed by atoms with E-state index in [0.717, 1.165) is 32.5 Å². The molecule has 5 nitrogen and oxygen atoms in total. The van der Waals surface area contributed by atoms with Gasteiger partial charge in [0, 0.05) is 10.9 Å². The summed E-state index contributed by atoms with van der Waals surface area (Å²) in [6, 6.07) is 27.8. The summed E-state index contributed by atoms with van der Waals surface area (Å²) < 4.78 is 5.94. The van der Waals surface area contributed by atoms with E-state index < -0.39 is 0 Å². The molecule has 0 atom stereocenters. The molecule has 2 heterocycles. The lowest BCUT2D eigenvalue weighted by atomic mass is 9.99. The number of carbonyl (C=O) groups excluding carboxylic acids is 1. The minimum atomic E-state index is -0.270. The van der Waals surface area contributed by atoms with Gasteiger partial charge in [-0.2, -0.15) is 0 Å². The zero-order valence-corrected chi connectivity index (χ0v) is 19.5. The van der Waals surface area contributed by atoms with Gasteiger partial charge in [-0.25, -0.2) is 9.97 Å². The number of nitrogens with one attached hydrogen (secondary N) is 1. The molecule has 0 aliphatic heterocycles. The molecule has 1 amide bonds. The van der Waals surface area contributed by atoms with Crippen molar-refractivity contribution in [2.24, 2.45) is 0 Å². The Morgan fingerprint density at radius 3 is 2.21 bits per heavy atom. The summed E-state index contributed by atoms with van der Waals surface area (Å²) in [6.07, 6.45) is 1.47. The van der Waals surface area contributed by atoms with E-state index in [2.05, 4.69) is 51.9 Å². The standard InChI is InChI=1S/C28H23N3O2S/c1-19-12-14-20(15-13-19)23-17-34-28-25(23)27(29-18-30-28)33-16-24(32)31-26(21-8-4-2-5-9-21)22-10-6-3-7-11-22/h2-15,17-18,26H,16H2,1H3,(H,31,32). The second-order valence-electron chi connectivity index (χ2n) is 7.98. The number of benzene rings is 3. The maximum Gasteiger partial charge on any atom is 0.258 e. The maximum absolute atomic E-state index is 13.0. The van der Waals surface area contributed by atoms with E-state index in [0.29, 0.717) is 5.88 Å².